The molecule has 0 aliphatic carbocycles. The number of fused-ring (bicyclic) bond motifs is 6. The molecule has 3 aromatic carbocycles. The van der Waals surface area contributed by atoms with Gasteiger partial charge in [-0.3, -0.25) is 4.79 Å². The molecule has 0 saturated heterocycles. The van der Waals surface area contributed by atoms with Crippen LogP contribution in [0.2, 0.25) is 5.02 Å². The number of halogens is 1. The van der Waals surface area contributed by atoms with Crippen LogP contribution in [0.1, 0.15) is 32.5 Å². The molecule has 6 heteroatoms. The quantitative estimate of drug-likeness (QED) is 0.307. The zero-order chi connectivity index (χ0) is 25.9. The molecule has 0 amide bonds. The number of aromatic nitrogens is 3. The second-order valence-electron chi connectivity index (χ2n) is 8.52. The summed E-state index contributed by atoms with van der Waals surface area (Å²) in [5.41, 5.74) is 4.82. The standard InChI is InChI=1S/C28H22ClN3O2/c1-17-14-30-16-32(17)28-19-6-8-25(29)21(10-19)15-34-22-5-3-4-18(11-22)23-13-27(33)31(2)26-9-7-20(28)12-24(23)26/h3-14,16,28H,15H2,1-2H3/t28-/m0/s1/i2D3. The molecule has 34 heavy (non-hydrogen) atoms. The Morgan fingerprint density at radius 2 is 1.94 bits per heavy atom. The Kier molecular flexibility index (Phi) is 4.09. The highest BCUT2D eigenvalue weighted by molar-refractivity contribution is 6.31. The van der Waals surface area contributed by atoms with Crippen molar-refractivity contribution in [2.45, 2.75) is 19.6 Å². The van der Waals surface area contributed by atoms with Crippen molar-refractivity contribution in [2.75, 3.05) is 0 Å². The number of ether oxygens (including phenoxy) is 1. The fourth-order valence-electron chi connectivity index (χ4n) is 4.70. The maximum atomic E-state index is 13.1. The van der Waals surface area contributed by atoms with Crippen molar-refractivity contribution < 1.29 is 8.85 Å². The molecular weight excluding hydrogens is 446 g/mol. The van der Waals surface area contributed by atoms with Gasteiger partial charge in [-0.1, -0.05) is 35.9 Å². The lowest BCUT2D eigenvalue weighted by atomic mass is 9.93. The van der Waals surface area contributed by atoms with Gasteiger partial charge >= 0.3 is 0 Å². The van der Waals surface area contributed by atoms with E-state index in [9.17, 15) is 4.79 Å². The lowest BCUT2D eigenvalue weighted by Gasteiger charge is -2.23. The van der Waals surface area contributed by atoms with Crippen LogP contribution in [0.25, 0.3) is 22.0 Å². The van der Waals surface area contributed by atoms with Crippen molar-refractivity contribution in [2.24, 2.45) is 6.98 Å². The molecule has 5 nitrogen and oxygen atoms in total. The lowest BCUT2D eigenvalue weighted by Crippen LogP contribution is -2.17. The number of rotatable bonds is 1. The Morgan fingerprint density at radius 1 is 1.09 bits per heavy atom. The maximum Gasteiger partial charge on any atom is 0.251 e. The maximum absolute atomic E-state index is 13.1. The fourth-order valence-corrected chi connectivity index (χ4v) is 4.87. The normalized spacial score (nSPS) is 16.5. The topological polar surface area (TPSA) is 49.0 Å². The first-order valence-corrected chi connectivity index (χ1v) is 11.3. The third-order valence-corrected chi connectivity index (χ3v) is 6.79. The Morgan fingerprint density at radius 3 is 2.76 bits per heavy atom. The highest BCUT2D eigenvalue weighted by Gasteiger charge is 2.21. The largest absolute Gasteiger partial charge is 0.489 e. The van der Waals surface area contributed by atoms with Crippen molar-refractivity contribution in [1.82, 2.24) is 14.1 Å². The van der Waals surface area contributed by atoms with Crippen LogP contribution in [0.15, 0.2) is 84.0 Å². The number of benzene rings is 3. The van der Waals surface area contributed by atoms with Gasteiger partial charge in [0.05, 0.1) is 17.9 Å². The summed E-state index contributed by atoms with van der Waals surface area (Å²) >= 11 is 6.56. The van der Waals surface area contributed by atoms with Crippen molar-refractivity contribution in [3.8, 4) is 16.9 Å². The summed E-state index contributed by atoms with van der Waals surface area (Å²) in [6.07, 6.45) is 3.57. The summed E-state index contributed by atoms with van der Waals surface area (Å²) in [6.45, 7) is -0.383. The molecule has 0 N–H and O–H groups in total. The number of imidazole rings is 1. The van der Waals surface area contributed by atoms with Crippen LogP contribution in [0, 0.1) is 6.92 Å². The molecule has 3 heterocycles. The smallest absolute Gasteiger partial charge is 0.251 e. The first kappa shape index (κ1) is 17.6. The molecule has 0 spiro atoms. The van der Waals surface area contributed by atoms with E-state index in [0.29, 0.717) is 27.2 Å². The van der Waals surface area contributed by atoms with Crippen LogP contribution in [-0.4, -0.2) is 14.1 Å². The summed E-state index contributed by atoms with van der Waals surface area (Å²) in [6, 6.07) is 20.0. The lowest BCUT2D eigenvalue weighted by molar-refractivity contribution is 0.306. The van der Waals surface area contributed by atoms with Crippen LogP contribution < -0.4 is 10.3 Å². The van der Waals surface area contributed by atoms with E-state index < -0.39 is 12.5 Å². The number of pyridine rings is 1. The number of hydrogen-bond acceptors (Lipinski definition) is 3. The van der Waals surface area contributed by atoms with E-state index in [1.807, 2.05) is 61.5 Å². The zero-order valence-corrected chi connectivity index (χ0v) is 19.1. The van der Waals surface area contributed by atoms with E-state index >= 15 is 0 Å². The van der Waals surface area contributed by atoms with E-state index in [1.54, 1.807) is 18.6 Å². The third-order valence-electron chi connectivity index (χ3n) is 6.42. The number of nitrogens with zero attached hydrogens (tertiary/aromatic N) is 3. The molecule has 0 unspecified atom stereocenters. The van der Waals surface area contributed by atoms with E-state index in [2.05, 4.69) is 9.55 Å². The van der Waals surface area contributed by atoms with Gasteiger partial charge in [0.2, 0.25) is 0 Å². The minimum Gasteiger partial charge on any atom is -0.489 e. The molecule has 168 valence electrons. The van der Waals surface area contributed by atoms with Crippen LogP contribution in [0.4, 0.5) is 0 Å². The second-order valence-corrected chi connectivity index (χ2v) is 8.93. The summed E-state index contributed by atoms with van der Waals surface area (Å²) in [4.78, 5) is 17.5. The Bertz CT molecular complexity index is 1740. The SMILES string of the molecule is [2H]C([2H])([2H])n1c(=O)cc2c3cc(ccc31)[C@@H](n1cncc1C)c1ccc(Cl)c(c1)COc1cccc-2c1. The van der Waals surface area contributed by atoms with Gasteiger partial charge in [0.1, 0.15) is 12.4 Å². The first-order valence-electron chi connectivity index (χ1n) is 12.4. The van der Waals surface area contributed by atoms with Gasteiger partial charge < -0.3 is 13.9 Å². The molecule has 0 saturated carbocycles. The summed E-state index contributed by atoms with van der Waals surface area (Å²) < 4.78 is 33.1. The highest BCUT2D eigenvalue weighted by Crippen LogP contribution is 2.36. The predicted octanol–water partition coefficient (Wildman–Crippen LogP) is 5.89. The highest BCUT2D eigenvalue weighted by atomic mass is 35.5. The molecular formula is C28H22ClN3O2. The van der Waals surface area contributed by atoms with Crippen LogP contribution in [0.3, 0.4) is 0 Å². The van der Waals surface area contributed by atoms with E-state index in [4.69, 9.17) is 20.5 Å². The molecule has 1 aliphatic heterocycles. The minimum absolute atomic E-state index is 0.263. The van der Waals surface area contributed by atoms with Crippen molar-refractivity contribution in [3.63, 3.8) is 0 Å². The molecule has 5 aromatic rings. The molecule has 0 fully saturated rings. The van der Waals surface area contributed by atoms with Crippen LogP contribution in [-0.2, 0) is 13.6 Å². The predicted molar refractivity (Wildman–Crippen MR) is 135 cm³/mol. The molecule has 6 bridgehead atoms. The van der Waals surface area contributed by atoms with Gasteiger partial charge in [-0.05, 0) is 65.6 Å². The van der Waals surface area contributed by atoms with E-state index in [-0.39, 0.29) is 12.6 Å². The van der Waals surface area contributed by atoms with Crippen molar-refractivity contribution in [3.05, 3.63) is 117 Å². The van der Waals surface area contributed by atoms with Crippen LogP contribution >= 0.6 is 11.6 Å². The Balaban J connectivity index is 1.74. The monoisotopic (exact) mass is 470 g/mol. The van der Waals surface area contributed by atoms with Gasteiger partial charge in [-0.2, -0.15) is 0 Å². The Labute approximate surface area is 206 Å². The van der Waals surface area contributed by atoms with Crippen molar-refractivity contribution in [1.29, 1.82) is 0 Å². The number of hydrogen-bond donors (Lipinski definition) is 0. The summed E-state index contributed by atoms with van der Waals surface area (Å²) in [5, 5.41) is 1.26. The summed E-state index contributed by atoms with van der Waals surface area (Å²) in [7, 11) is 0. The summed E-state index contributed by atoms with van der Waals surface area (Å²) in [5.74, 6) is 0.615. The zero-order valence-electron chi connectivity index (χ0n) is 21.3. The molecule has 0 radical (unpaired) electrons. The van der Waals surface area contributed by atoms with Gasteiger partial charge in [0, 0.05) is 45.0 Å². The van der Waals surface area contributed by atoms with Gasteiger partial charge in [0.15, 0.2) is 0 Å². The average Bonchev–Trinajstić information content (AvgIpc) is 3.28. The molecule has 2 aromatic heterocycles. The first-order chi connectivity index (χ1) is 17.7. The molecule has 1 aliphatic rings. The minimum atomic E-state index is -2.63. The van der Waals surface area contributed by atoms with Crippen molar-refractivity contribution >= 4 is 22.5 Å². The average molecular weight is 471 g/mol. The number of aryl methyl sites for hydroxylation is 2. The molecule has 1 atom stereocenters. The van der Waals surface area contributed by atoms with Crippen LogP contribution in [0.5, 0.6) is 5.75 Å². The second kappa shape index (κ2) is 7.89. The third kappa shape index (κ3) is 3.32. The van der Waals surface area contributed by atoms with E-state index in [1.165, 1.54) is 6.07 Å². The van der Waals surface area contributed by atoms with Gasteiger partial charge in [-0.15, -0.1) is 0 Å². The van der Waals surface area contributed by atoms with Gasteiger partial charge in [0.25, 0.3) is 5.56 Å². The van der Waals surface area contributed by atoms with E-state index in [0.717, 1.165) is 32.5 Å². The molecule has 6 rings (SSSR count). The Hall–Kier alpha value is -3.83. The van der Waals surface area contributed by atoms with Gasteiger partial charge in [-0.25, -0.2) is 4.98 Å². The fraction of sp³-hybridized carbons (Fsp3) is 0.143.